The summed E-state index contributed by atoms with van der Waals surface area (Å²) in [5.41, 5.74) is -1.19. The number of likely N-dealkylation sites (N-methyl/N-ethyl adjacent to an activating group) is 1. The molecular formula is C9H19NO3. The number of hydrogen-bond donors (Lipinski definition) is 3. The molecule has 0 unspecified atom stereocenters. The van der Waals surface area contributed by atoms with Crippen LogP contribution in [0.4, 0.5) is 0 Å². The van der Waals surface area contributed by atoms with Crippen molar-refractivity contribution < 1.29 is 15.0 Å². The third kappa shape index (κ3) is 3.06. The Kier molecular flexibility index (Phi) is 5.86. The lowest BCUT2D eigenvalue weighted by molar-refractivity contribution is -0.120. The second-order valence-electron chi connectivity index (χ2n) is 3.22. The van der Waals surface area contributed by atoms with Gasteiger partial charge >= 0.3 is 0 Å². The van der Waals surface area contributed by atoms with Gasteiger partial charge in [-0.3, -0.25) is 0 Å². The molecule has 4 heteroatoms. The van der Waals surface area contributed by atoms with Gasteiger partial charge in [-0.25, -0.2) is 0 Å². The molecule has 0 saturated carbocycles. The van der Waals surface area contributed by atoms with E-state index in [0.29, 0.717) is 12.7 Å². The highest BCUT2D eigenvalue weighted by atomic mass is 16.3. The molecule has 3 N–H and O–H groups in total. The van der Waals surface area contributed by atoms with Crippen LogP contribution in [0.3, 0.4) is 0 Å². The van der Waals surface area contributed by atoms with Gasteiger partial charge in [0.1, 0.15) is 11.8 Å². The molecule has 0 bridgehead atoms. The van der Waals surface area contributed by atoms with Crippen LogP contribution >= 0.6 is 0 Å². The minimum Gasteiger partial charge on any atom is -0.394 e. The van der Waals surface area contributed by atoms with Crippen LogP contribution in [0, 0.1) is 0 Å². The lowest BCUT2D eigenvalue weighted by Gasteiger charge is -2.30. The fourth-order valence-corrected chi connectivity index (χ4v) is 1.18. The van der Waals surface area contributed by atoms with E-state index < -0.39 is 11.6 Å². The molecule has 0 spiro atoms. The van der Waals surface area contributed by atoms with Crippen LogP contribution in [0.2, 0.25) is 0 Å². The molecule has 0 aromatic carbocycles. The molecule has 0 rings (SSSR count). The smallest absolute Gasteiger partial charge is 0.145 e. The quantitative estimate of drug-likeness (QED) is 0.480. The van der Waals surface area contributed by atoms with E-state index in [4.69, 9.17) is 5.11 Å². The van der Waals surface area contributed by atoms with Gasteiger partial charge in [0.05, 0.1) is 12.7 Å². The first-order valence-corrected chi connectivity index (χ1v) is 4.61. The Labute approximate surface area is 79.0 Å². The van der Waals surface area contributed by atoms with Crippen LogP contribution in [0.5, 0.6) is 0 Å². The summed E-state index contributed by atoms with van der Waals surface area (Å²) in [6, 6.07) is 0. The molecule has 13 heavy (non-hydrogen) atoms. The summed E-state index contributed by atoms with van der Waals surface area (Å²) >= 11 is 0. The Morgan fingerprint density at radius 1 is 1.62 bits per heavy atom. The largest absolute Gasteiger partial charge is 0.394 e. The number of unbranched alkanes of at least 4 members (excludes halogenated alkanes) is 1. The second kappa shape index (κ2) is 6.07. The van der Waals surface area contributed by atoms with Gasteiger partial charge in [0.15, 0.2) is 0 Å². The van der Waals surface area contributed by atoms with Gasteiger partial charge in [-0.2, -0.15) is 0 Å². The van der Waals surface area contributed by atoms with Crippen molar-refractivity contribution in [2.24, 2.45) is 0 Å². The molecule has 0 amide bonds. The molecule has 2 atom stereocenters. The Morgan fingerprint density at radius 3 is 2.54 bits per heavy atom. The summed E-state index contributed by atoms with van der Waals surface area (Å²) < 4.78 is 0. The zero-order valence-corrected chi connectivity index (χ0v) is 8.29. The van der Waals surface area contributed by atoms with Gasteiger partial charge in [-0.15, -0.1) is 0 Å². The van der Waals surface area contributed by atoms with Crippen molar-refractivity contribution in [3.8, 4) is 0 Å². The monoisotopic (exact) mass is 189 g/mol. The zero-order chi connectivity index (χ0) is 10.3. The highest BCUT2D eigenvalue weighted by molar-refractivity contribution is 5.65. The predicted octanol–water partition coefficient (Wildman–Crippen LogP) is -0.313. The zero-order valence-electron chi connectivity index (χ0n) is 8.29. The molecular weight excluding hydrogens is 170 g/mol. The molecule has 0 radical (unpaired) electrons. The van der Waals surface area contributed by atoms with Gasteiger partial charge in [-0.05, 0) is 13.5 Å². The Bertz CT molecular complexity index is 146. The highest BCUT2D eigenvalue weighted by Crippen LogP contribution is 2.13. The van der Waals surface area contributed by atoms with E-state index in [1.807, 2.05) is 6.92 Å². The van der Waals surface area contributed by atoms with E-state index in [1.54, 1.807) is 7.05 Å². The minimum atomic E-state index is -1.19. The summed E-state index contributed by atoms with van der Waals surface area (Å²) in [5.74, 6) is 0. The third-order valence-electron chi connectivity index (χ3n) is 2.36. The maximum Gasteiger partial charge on any atom is 0.145 e. The highest BCUT2D eigenvalue weighted by Gasteiger charge is 2.35. The molecule has 0 aliphatic rings. The number of carbonyl (C=O) groups is 1. The van der Waals surface area contributed by atoms with E-state index in [9.17, 15) is 9.90 Å². The topological polar surface area (TPSA) is 69.6 Å². The van der Waals surface area contributed by atoms with Gasteiger partial charge in [0, 0.05) is 0 Å². The maximum atomic E-state index is 10.7. The number of hydrogen-bond acceptors (Lipinski definition) is 4. The van der Waals surface area contributed by atoms with E-state index >= 15 is 0 Å². The van der Waals surface area contributed by atoms with Crippen molar-refractivity contribution in [1.29, 1.82) is 0 Å². The van der Waals surface area contributed by atoms with Crippen LogP contribution in [0.1, 0.15) is 26.2 Å². The predicted molar refractivity (Wildman–Crippen MR) is 50.5 cm³/mol. The molecule has 0 aliphatic heterocycles. The summed E-state index contributed by atoms with van der Waals surface area (Å²) in [7, 11) is 1.56. The van der Waals surface area contributed by atoms with Gasteiger partial charge in [0.2, 0.25) is 0 Å². The van der Waals surface area contributed by atoms with Crippen molar-refractivity contribution in [2.75, 3.05) is 13.7 Å². The Hall–Kier alpha value is -0.450. The summed E-state index contributed by atoms with van der Waals surface area (Å²) in [6.07, 6.45) is 2.09. The van der Waals surface area contributed by atoms with Crippen molar-refractivity contribution in [3.63, 3.8) is 0 Å². The minimum absolute atomic E-state index is 0.377. The molecule has 0 aromatic heterocycles. The van der Waals surface area contributed by atoms with Crippen LogP contribution in [-0.4, -0.2) is 41.8 Å². The molecule has 4 nitrogen and oxygen atoms in total. The average molecular weight is 189 g/mol. The van der Waals surface area contributed by atoms with Crippen molar-refractivity contribution in [3.05, 3.63) is 0 Å². The standard InChI is InChI=1S/C9H19NO3/c1-3-4-5-8(13)9(6-11,7-12)10-2/h6,8,10,12-13H,3-5,7H2,1-2H3/t8-,9+/m1/s1. The number of aliphatic hydroxyl groups excluding tert-OH is 2. The van der Waals surface area contributed by atoms with E-state index in [-0.39, 0.29) is 6.61 Å². The maximum absolute atomic E-state index is 10.7. The van der Waals surface area contributed by atoms with Crippen molar-refractivity contribution in [2.45, 2.75) is 37.8 Å². The van der Waals surface area contributed by atoms with Crippen molar-refractivity contribution in [1.82, 2.24) is 5.32 Å². The first-order chi connectivity index (χ1) is 6.16. The molecule has 0 heterocycles. The number of aldehydes is 1. The van der Waals surface area contributed by atoms with E-state index in [0.717, 1.165) is 12.8 Å². The van der Waals surface area contributed by atoms with Gasteiger partial charge < -0.3 is 20.3 Å². The van der Waals surface area contributed by atoms with Crippen molar-refractivity contribution >= 4 is 6.29 Å². The second-order valence-corrected chi connectivity index (χ2v) is 3.22. The molecule has 78 valence electrons. The van der Waals surface area contributed by atoms with E-state index in [1.165, 1.54) is 0 Å². The van der Waals surface area contributed by atoms with Crippen LogP contribution < -0.4 is 5.32 Å². The molecule has 0 aromatic rings. The third-order valence-corrected chi connectivity index (χ3v) is 2.36. The fraction of sp³-hybridized carbons (Fsp3) is 0.889. The van der Waals surface area contributed by atoms with Crippen LogP contribution in [0.25, 0.3) is 0 Å². The Balaban J connectivity index is 4.25. The lowest BCUT2D eigenvalue weighted by Crippen LogP contribution is -2.57. The summed E-state index contributed by atoms with van der Waals surface area (Å²) in [4.78, 5) is 10.7. The summed E-state index contributed by atoms with van der Waals surface area (Å²) in [6.45, 7) is 1.63. The first-order valence-electron chi connectivity index (χ1n) is 4.61. The fourth-order valence-electron chi connectivity index (χ4n) is 1.18. The number of nitrogens with one attached hydrogen (secondary N) is 1. The van der Waals surface area contributed by atoms with Gasteiger partial charge in [-0.1, -0.05) is 19.8 Å². The SMILES string of the molecule is CCCC[C@@H](O)[C@](C=O)(CO)NC. The van der Waals surface area contributed by atoms with Crippen LogP contribution in [-0.2, 0) is 4.79 Å². The molecule has 0 fully saturated rings. The molecule has 0 saturated heterocycles. The van der Waals surface area contributed by atoms with Gasteiger partial charge in [0.25, 0.3) is 0 Å². The number of carbonyl (C=O) groups excluding carboxylic acids is 1. The molecule has 0 aliphatic carbocycles. The van der Waals surface area contributed by atoms with E-state index in [2.05, 4.69) is 5.32 Å². The average Bonchev–Trinajstić information content (AvgIpc) is 2.18. The first kappa shape index (κ1) is 12.6. The number of rotatable bonds is 7. The summed E-state index contributed by atoms with van der Waals surface area (Å²) in [5, 5.41) is 21.3. The lowest BCUT2D eigenvalue weighted by atomic mass is 9.91. The normalized spacial score (nSPS) is 17.8. The Morgan fingerprint density at radius 2 is 2.23 bits per heavy atom. The van der Waals surface area contributed by atoms with Crippen LogP contribution in [0.15, 0.2) is 0 Å². The number of aliphatic hydroxyl groups is 2.